The molecule has 1 amide bonds. The van der Waals surface area contributed by atoms with Crippen LogP contribution in [0.4, 0.5) is 11.5 Å². The molecule has 1 saturated heterocycles. The van der Waals surface area contributed by atoms with Crippen LogP contribution >= 0.6 is 0 Å². The largest absolute Gasteiger partial charge is 0.355 e. The molecule has 0 atom stereocenters. The zero-order valence-electron chi connectivity index (χ0n) is 18.4. The molecular weight excluding hydrogens is 388 g/mol. The Labute approximate surface area is 183 Å². The maximum Gasteiger partial charge on any atom is 0.229 e. The topological polar surface area (TPSA) is 67.2 Å². The summed E-state index contributed by atoms with van der Waals surface area (Å²) in [7, 11) is 1.88. The maximum atomic E-state index is 13.1. The molecule has 2 aliphatic rings. The van der Waals surface area contributed by atoms with Crippen LogP contribution < -0.4 is 9.80 Å². The fourth-order valence-corrected chi connectivity index (χ4v) is 4.93. The summed E-state index contributed by atoms with van der Waals surface area (Å²) in [5.74, 6) is 2.30. The minimum absolute atomic E-state index is 0.0396. The van der Waals surface area contributed by atoms with E-state index in [1.165, 1.54) is 24.8 Å². The second-order valence-electron chi connectivity index (χ2n) is 8.86. The molecule has 0 N–H and O–H groups in total. The van der Waals surface area contributed by atoms with Crippen LogP contribution in [0.2, 0.25) is 0 Å². The van der Waals surface area contributed by atoms with Gasteiger partial charge in [-0.3, -0.25) is 4.79 Å². The van der Waals surface area contributed by atoms with Crippen molar-refractivity contribution in [2.24, 2.45) is 5.92 Å². The summed E-state index contributed by atoms with van der Waals surface area (Å²) in [4.78, 5) is 31.3. The first kappa shape index (κ1) is 20.0. The van der Waals surface area contributed by atoms with Crippen LogP contribution in [0.5, 0.6) is 0 Å². The molecule has 5 rings (SSSR count). The number of piperidine rings is 1. The van der Waals surface area contributed by atoms with Crippen molar-refractivity contribution in [3.8, 4) is 0 Å². The highest BCUT2D eigenvalue weighted by atomic mass is 16.2. The van der Waals surface area contributed by atoms with Crippen molar-refractivity contribution in [1.82, 2.24) is 19.5 Å². The molecular formula is C24H30N6O. The number of carbonyl (C=O) groups is 1. The van der Waals surface area contributed by atoms with Gasteiger partial charge in [0.25, 0.3) is 0 Å². The van der Waals surface area contributed by atoms with Gasteiger partial charge in [-0.25, -0.2) is 15.0 Å². The van der Waals surface area contributed by atoms with E-state index in [1.807, 2.05) is 24.1 Å². The lowest BCUT2D eigenvalue weighted by Gasteiger charge is -2.33. The van der Waals surface area contributed by atoms with Crippen LogP contribution in [0.25, 0.3) is 11.2 Å². The Hall–Kier alpha value is -2.96. The molecule has 2 aromatic heterocycles. The number of benzene rings is 1. The van der Waals surface area contributed by atoms with Gasteiger partial charge < -0.3 is 14.4 Å². The monoisotopic (exact) mass is 418 g/mol. The number of nitrogens with zero attached hydrogens (tertiary/aromatic N) is 6. The number of aryl methyl sites for hydroxylation is 3. The van der Waals surface area contributed by atoms with Crippen molar-refractivity contribution in [3.05, 3.63) is 42.0 Å². The van der Waals surface area contributed by atoms with Gasteiger partial charge in [-0.1, -0.05) is 18.6 Å². The average molecular weight is 419 g/mol. The number of fused-ring (bicyclic) bond motifs is 3. The highest BCUT2D eigenvalue weighted by Crippen LogP contribution is 2.30. The number of amides is 1. The molecule has 7 nitrogen and oxygen atoms in total. The third-order valence-electron chi connectivity index (χ3n) is 6.74. The highest BCUT2D eigenvalue weighted by Gasteiger charge is 2.30. The van der Waals surface area contributed by atoms with E-state index < -0.39 is 0 Å². The summed E-state index contributed by atoms with van der Waals surface area (Å²) in [6, 6.07) is 8.12. The first-order chi connectivity index (χ1) is 15.1. The highest BCUT2D eigenvalue weighted by molar-refractivity contribution is 5.95. The molecule has 31 heavy (non-hydrogen) atoms. The number of aromatic nitrogens is 4. The quantitative estimate of drug-likeness (QED) is 0.648. The Bertz CT molecular complexity index is 1100. The lowest BCUT2D eigenvalue weighted by Crippen LogP contribution is -2.41. The minimum atomic E-state index is 0.0396. The van der Waals surface area contributed by atoms with Crippen molar-refractivity contribution in [3.63, 3.8) is 0 Å². The minimum Gasteiger partial charge on any atom is -0.355 e. The fourth-order valence-electron chi connectivity index (χ4n) is 4.93. The smallest absolute Gasteiger partial charge is 0.229 e. The summed E-state index contributed by atoms with van der Waals surface area (Å²) < 4.78 is 2.28. The summed E-state index contributed by atoms with van der Waals surface area (Å²) in [5.41, 5.74) is 4.00. The Kier molecular flexibility index (Phi) is 5.34. The molecule has 1 aromatic carbocycles. The molecule has 0 saturated carbocycles. The molecule has 0 radical (unpaired) electrons. The van der Waals surface area contributed by atoms with Gasteiger partial charge in [-0.15, -0.1) is 0 Å². The maximum absolute atomic E-state index is 13.1. The molecule has 7 heteroatoms. The Morgan fingerprint density at radius 2 is 1.94 bits per heavy atom. The van der Waals surface area contributed by atoms with E-state index in [0.717, 1.165) is 67.4 Å². The first-order valence-electron chi connectivity index (χ1n) is 11.4. The number of hydrogen-bond acceptors (Lipinski definition) is 5. The number of imidazole rings is 1. The van der Waals surface area contributed by atoms with Crippen LogP contribution in [0, 0.1) is 12.8 Å². The molecule has 0 spiro atoms. The van der Waals surface area contributed by atoms with Gasteiger partial charge in [-0.2, -0.15) is 0 Å². The molecule has 0 aliphatic carbocycles. The van der Waals surface area contributed by atoms with E-state index in [4.69, 9.17) is 4.98 Å². The predicted octanol–water partition coefficient (Wildman–Crippen LogP) is 3.74. The molecule has 1 fully saturated rings. The Balaban J connectivity index is 1.32. The van der Waals surface area contributed by atoms with Gasteiger partial charge in [-0.05, 0) is 50.3 Å². The number of anilines is 2. The summed E-state index contributed by atoms with van der Waals surface area (Å²) in [6.45, 7) is 4.67. The van der Waals surface area contributed by atoms with Crippen molar-refractivity contribution >= 4 is 28.6 Å². The van der Waals surface area contributed by atoms with Crippen LogP contribution in [0.3, 0.4) is 0 Å². The summed E-state index contributed by atoms with van der Waals surface area (Å²) in [6.07, 6.45) is 7.95. The lowest BCUT2D eigenvalue weighted by molar-refractivity contribution is -0.122. The van der Waals surface area contributed by atoms with Gasteiger partial charge in [0.2, 0.25) is 5.91 Å². The number of carbonyl (C=O) groups excluding carboxylic acids is 1. The van der Waals surface area contributed by atoms with Crippen molar-refractivity contribution in [2.75, 3.05) is 29.9 Å². The van der Waals surface area contributed by atoms with Crippen LogP contribution in [0.15, 0.2) is 30.6 Å². The fraction of sp³-hybridized carbons (Fsp3) is 0.500. The molecule has 3 aromatic rings. The van der Waals surface area contributed by atoms with E-state index >= 15 is 0 Å². The second-order valence-corrected chi connectivity index (χ2v) is 8.86. The zero-order valence-corrected chi connectivity index (χ0v) is 18.4. The molecule has 2 aliphatic heterocycles. The lowest BCUT2D eigenvalue weighted by atomic mass is 9.95. The Morgan fingerprint density at radius 1 is 1.10 bits per heavy atom. The van der Waals surface area contributed by atoms with Crippen LogP contribution in [-0.4, -0.2) is 45.6 Å². The van der Waals surface area contributed by atoms with E-state index in [-0.39, 0.29) is 11.8 Å². The standard InChI is InChI=1S/C24H30N6O/c1-17-7-6-8-19(15-17)28(2)24(31)18-10-13-29(14-11-18)22-21-23(26-16-25-22)30-12-5-3-4-9-20(30)27-21/h6-8,15-16,18H,3-5,9-14H2,1-2H3. The Morgan fingerprint density at radius 3 is 2.74 bits per heavy atom. The number of rotatable bonds is 3. The van der Waals surface area contributed by atoms with Crippen molar-refractivity contribution in [2.45, 2.75) is 52.0 Å². The van der Waals surface area contributed by atoms with E-state index in [2.05, 4.69) is 38.5 Å². The zero-order chi connectivity index (χ0) is 21.4. The third-order valence-corrected chi connectivity index (χ3v) is 6.74. The molecule has 0 unspecified atom stereocenters. The van der Waals surface area contributed by atoms with Gasteiger partial charge in [0.1, 0.15) is 12.2 Å². The van der Waals surface area contributed by atoms with Crippen LogP contribution in [0.1, 0.15) is 43.5 Å². The normalized spacial score (nSPS) is 17.4. The summed E-state index contributed by atoms with van der Waals surface area (Å²) in [5, 5.41) is 0. The second kappa shape index (κ2) is 8.29. The predicted molar refractivity (Wildman–Crippen MR) is 122 cm³/mol. The first-order valence-corrected chi connectivity index (χ1v) is 11.4. The SMILES string of the molecule is Cc1cccc(N(C)C(=O)C2CCN(c3ncnc4c3nc3n4CCCCC3)CC2)c1. The summed E-state index contributed by atoms with van der Waals surface area (Å²) >= 11 is 0. The third kappa shape index (κ3) is 3.77. The van der Waals surface area contributed by atoms with Gasteiger partial charge >= 0.3 is 0 Å². The van der Waals surface area contributed by atoms with Crippen molar-refractivity contribution < 1.29 is 4.79 Å². The van der Waals surface area contributed by atoms with Gasteiger partial charge in [0.05, 0.1) is 0 Å². The van der Waals surface area contributed by atoms with Gasteiger partial charge in [0.15, 0.2) is 17.0 Å². The molecule has 4 heterocycles. The molecule has 0 bridgehead atoms. The van der Waals surface area contributed by atoms with Gasteiger partial charge in [0, 0.05) is 44.7 Å². The van der Waals surface area contributed by atoms with E-state index in [0.29, 0.717) is 0 Å². The average Bonchev–Trinajstić information content (AvgIpc) is 2.99. The van der Waals surface area contributed by atoms with E-state index in [9.17, 15) is 4.79 Å². The van der Waals surface area contributed by atoms with E-state index in [1.54, 1.807) is 6.33 Å². The molecule has 162 valence electrons. The van der Waals surface area contributed by atoms with Crippen molar-refractivity contribution in [1.29, 1.82) is 0 Å². The number of hydrogen-bond donors (Lipinski definition) is 0. The van der Waals surface area contributed by atoms with Crippen LogP contribution in [-0.2, 0) is 17.8 Å².